The Morgan fingerprint density at radius 2 is 1.74 bits per heavy atom. The highest BCUT2D eigenvalue weighted by molar-refractivity contribution is 6.32. The Bertz CT molecular complexity index is 2120. The molecule has 0 N–H and O–H groups in total. The second kappa shape index (κ2) is 11.2. The summed E-state index contributed by atoms with van der Waals surface area (Å²) in [6, 6.07) is 24.1. The van der Waals surface area contributed by atoms with Crippen LogP contribution in [0.5, 0.6) is 5.75 Å². The molecule has 0 radical (unpaired) electrons. The molecule has 0 saturated heterocycles. The normalized spacial score (nSPS) is 11.4. The summed E-state index contributed by atoms with van der Waals surface area (Å²) in [4.78, 5) is 39.9. The maximum atomic E-state index is 13.5. The van der Waals surface area contributed by atoms with Gasteiger partial charge in [-0.05, 0) is 35.9 Å². The molecule has 0 atom stereocenters. The van der Waals surface area contributed by atoms with Gasteiger partial charge < -0.3 is 9.15 Å². The Morgan fingerprint density at radius 1 is 0.953 bits per heavy atom. The molecule has 2 heterocycles. The van der Waals surface area contributed by atoms with E-state index in [1.54, 1.807) is 42.5 Å². The zero-order chi connectivity index (χ0) is 30.1. The van der Waals surface area contributed by atoms with Crippen LogP contribution in [0.4, 0.5) is 11.4 Å². The second-order valence-corrected chi connectivity index (χ2v) is 9.69. The summed E-state index contributed by atoms with van der Waals surface area (Å²) in [6.45, 7) is -0.200. The first-order chi connectivity index (χ1) is 20.8. The maximum absolute atomic E-state index is 13.5. The van der Waals surface area contributed by atoms with Crippen LogP contribution in [0.25, 0.3) is 33.5 Å². The van der Waals surface area contributed by atoms with E-state index in [0.717, 1.165) is 10.1 Å². The van der Waals surface area contributed by atoms with E-state index >= 15 is 0 Å². The van der Waals surface area contributed by atoms with Gasteiger partial charge in [-0.2, -0.15) is 9.78 Å². The molecule has 0 fully saturated rings. The van der Waals surface area contributed by atoms with E-state index in [2.05, 4.69) is 10.1 Å². The minimum atomic E-state index is -0.671. The molecule has 6 aromatic rings. The van der Waals surface area contributed by atoms with Crippen molar-refractivity contribution in [1.82, 2.24) is 9.66 Å². The number of nitro benzene ring substituents is 2. The van der Waals surface area contributed by atoms with Crippen molar-refractivity contribution in [1.29, 1.82) is 0 Å². The number of aromatic nitrogens is 2. The van der Waals surface area contributed by atoms with Crippen molar-refractivity contribution in [3.8, 4) is 17.3 Å². The molecule has 0 aliphatic carbocycles. The summed E-state index contributed by atoms with van der Waals surface area (Å²) in [5.41, 5.74) is 0.586. The van der Waals surface area contributed by atoms with Crippen molar-refractivity contribution in [3.63, 3.8) is 0 Å². The minimum absolute atomic E-state index is 0.0948. The number of rotatable bonds is 8. The first kappa shape index (κ1) is 27.3. The SMILES string of the molecule is O=c1c2ccccc2nc(-c2cc3ccccc3o2)n1N=Cc1cc(Cl)c(OCc2cccc([N+](=O)[O-])c2)c([N+](=O)[O-])c1. The van der Waals surface area contributed by atoms with Gasteiger partial charge in [0.15, 0.2) is 5.76 Å². The molecule has 12 nitrogen and oxygen atoms in total. The van der Waals surface area contributed by atoms with Gasteiger partial charge in [0.1, 0.15) is 12.2 Å². The van der Waals surface area contributed by atoms with E-state index in [0.29, 0.717) is 27.8 Å². The van der Waals surface area contributed by atoms with E-state index in [4.69, 9.17) is 20.8 Å². The molecule has 0 aliphatic rings. The number of hydrogen-bond acceptors (Lipinski definition) is 9. The summed E-state index contributed by atoms with van der Waals surface area (Å²) < 4.78 is 12.6. The van der Waals surface area contributed by atoms with Gasteiger partial charge in [0.2, 0.25) is 11.6 Å². The average Bonchev–Trinajstić information content (AvgIpc) is 3.44. The number of non-ortho nitro benzene ring substituents is 1. The van der Waals surface area contributed by atoms with Crippen LogP contribution in [0.15, 0.2) is 105 Å². The summed E-state index contributed by atoms with van der Waals surface area (Å²) in [7, 11) is 0. The monoisotopic (exact) mass is 595 g/mol. The van der Waals surface area contributed by atoms with E-state index in [9.17, 15) is 25.0 Å². The smallest absolute Gasteiger partial charge is 0.313 e. The van der Waals surface area contributed by atoms with Crippen molar-refractivity contribution in [3.05, 3.63) is 138 Å². The zero-order valence-corrected chi connectivity index (χ0v) is 22.7. The lowest BCUT2D eigenvalue weighted by Gasteiger charge is -2.10. The highest BCUT2D eigenvalue weighted by atomic mass is 35.5. The highest BCUT2D eigenvalue weighted by Gasteiger charge is 2.22. The molecule has 43 heavy (non-hydrogen) atoms. The van der Waals surface area contributed by atoms with Crippen LogP contribution in [0, 0.1) is 20.2 Å². The van der Waals surface area contributed by atoms with Gasteiger partial charge >= 0.3 is 5.69 Å². The molecule has 0 unspecified atom stereocenters. The lowest BCUT2D eigenvalue weighted by molar-refractivity contribution is -0.385. The number of halogens is 1. The van der Waals surface area contributed by atoms with Crippen molar-refractivity contribution >= 4 is 51.1 Å². The molecule has 0 bridgehead atoms. The summed E-state index contributed by atoms with van der Waals surface area (Å²) >= 11 is 6.39. The van der Waals surface area contributed by atoms with Crippen LogP contribution in [-0.4, -0.2) is 25.7 Å². The van der Waals surface area contributed by atoms with Crippen LogP contribution in [0.3, 0.4) is 0 Å². The molecule has 4 aromatic carbocycles. The predicted octanol–water partition coefficient (Wildman–Crippen LogP) is 6.74. The Labute approximate surface area is 246 Å². The largest absolute Gasteiger partial charge is 0.481 e. The average molecular weight is 596 g/mol. The van der Waals surface area contributed by atoms with Crippen molar-refractivity contribution < 1.29 is 19.0 Å². The third kappa shape index (κ3) is 5.42. The lowest BCUT2D eigenvalue weighted by atomic mass is 10.2. The number of furan rings is 1. The third-order valence-electron chi connectivity index (χ3n) is 6.47. The first-order valence-electron chi connectivity index (χ1n) is 12.7. The molecule has 6 rings (SSSR count). The predicted molar refractivity (Wildman–Crippen MR) is 160 cm³/mol. The zero-order valence-electron chi connectivity index (χ0n) is 21.9. The molecule has 0 amide bonds. The number of para-hydroxylation sites is 2. The molecule has 2 aromatic heterocycles. The van der Waals surface area contributed by atoms with Gasteiger partial charge in [-0.1, -0.05) is 54.1 Å². The number of ether oxygens (including phenoxy) is 1. The molecular weight excluding hydrogens is 578 g/mol. The van der Waals surface area contributed by atoms with E-state index in [1.807, 2.05) is 18.2 Å². The van der Waals surface area contributed by atoms with Crippen molar-refractivity contribution in [2.75, 3.05) is 0 Å². The molecule has 13 heteroatoms. The van der Waals surface area contributed by atoms with Crippen LogP contribution in [0.1, 0.15) is 11.1 Å². The van der Waals surface area contributed by atoms with Gasteiger partial charge in [0.05, 0.1) is 32.0 Å². The summed E-state index contributed by atoms with van der Waals surface area (Å²) in [5, 5.41) is 28.4. The number of hydrogen-bond donors (Lipinski definition) is 0. The molecule has 0 spiro atoms. The van der Waals surface area contributed by atoms with E-state index < -0.39 is 21.1 Å². The Kier molecular flexibility index (Phi) is 7.10. The van der Waals surface area contributed by atoms with Crippen LogP contribution >= 0.6 is 11.6 Å². The van der Waals surface area contributed by atoms with Gasteiger partial charge in [0.25, 0.3) is 11.2 Å². The number of benzene rings is 4. The highest BCUT2D eigenvalue weighted by Crippen LogP contribution is 2.36. The second-order valence-electron chi connectivity index (χ2n) is 9.29. The number of fused-ring (bicyclic) bond motifs is 2. The fraction of sp³-hybridized carbons (Fsp3) is 0.0333. The number of nitro groups is 2. The van der Waals surface area contributed by atoms with E-state index in [1.165, 1.54) is 36.5 Å². The van der Waals surface area contributed by atoms with Crippen LogP contribution in [-0.2, 0) is 6.61 Å². The van der Waals surface area contributed by atoms with Crippen molar-refractivity contribution in [2.24, 2.45) is 5.10 Å². The quantitative estimate of drug-likeness (QED) is 0.106. The standard InChI is InChI=1S/C30H18ClN5O7/c31-23-13-19(14-25(36(40)41)28(23)42-17-18-6-5-8-21(12-18)35(38)39)16-32-34-29(27-15-20-7-1-4-11-26(20)43-27)33-24-10-3-2-9-22(24)30(34)37/h1-16H,17H2. The van der Waals surface area contributed by atoms with Gasteiger partial charge in [-0.25, -0.2) is 4.98 Å². The summed E-state index contributed by atoms with van der Waals surface area (Å²) in [5.74, 6) is 0.214. The molecular formula is C30H18ClN5O7. The van der Waals surface area contributed by atoms with Crippen molar-refractivity contribution in [2.45, 2.75) is 6.61 Å². The Balaban J connectivity index is 1.39. The molecule has 0 aliphatic heterocycles. The Morgan fingerprint density at radius 3 is 2.53 bits per heavy atom. The van der Waals surface area contributed by atoms with Crippen LogP contribution < -0.4 is 10.3 Å². The molecule has 0 saturated carbocycles. The van der Waals surface area contributed by atoms with Gasteiger partial charge in [0, 0.05) is 29.1 Å². The topological polar surface area (TPSA) is 156 Å². The fourth-order valence-electron chi connectivity index (χ4n) is 4.47. The number of nitrogens with zero attached hydrogens (tertiary/aromatic N) is 5. The maximum Gasteiger partial charge on any atom is 0.313 e. The Hall–Kier alpha value is -5.88. The fourth-order valence-corrected chi connectivity index (χ4v) is 4.75. The summed E-state index contributed by atoms with van der Waals surface area (Å²) in [6.07, 6.45) is 1.24. The van der Waals surface area contributed by atoms with Crippen LogP contribution in [0.2, 0.25) is 5.02 Å². The first-order valence-corrected chi connectivity index (χ1v) is 13.1. The minimum Gasteiger partial charge on any atom is -0.481 e. The van der Waals surface area contributed by atoms with E-state index in [-0.39, 0.29) is 34.5 Å². The molecule has 212 valence electrons. The van der Waals surface area contributed by atoms with Gasteiger partial charge in [-0.3, -0.25) is 25.0 Å². The third-order valence-corrected chi connectivity index (χ3v) is 6.75. The van der Waals surface area contributed by atoms with Gasteiger partial charge in [-0.15, -0.1) is 0 Å². The lowest BCUT2D eigenvalue weighted by Crippen LogP contribution is -2.20.